The second-order valence-corrected chi connectivity index (χ2v) is 3.99. The Morgan fingerprint density at radius 1 is 1.33 bits per heavy atom. The summed E-state index contributed by atoms with van der Waals surface area (Å²) in [6, 6.07) is 1.31. The van der Waals surface area contributed by atoms with Gasteiger partial charge in [0, 0.05) is 14.2 Å². The van der Waals surface area contributed by atoms with Gasteiger partial charge in [0.05, 0.1) is 9.52 Å². The van der Waals surface area contributed by atoms with Crippen molar-refractivity contribution in [2.45, 2.75) is 25.3 Å². The minimum absolute atomic E-state index is 0.119. The molecule has 0 aliphatic carbocycles. The molecule has 0 bridgehead atoms. The minimum Gasteiger partial charge on any atom is -0.360 e. The molecule has 0 aliphatic rings. The Morgan fingerprint density at radius 2 is 1.89 bits per heavy atom. The molecule has 0 heterocycles. The molecule has 0 radical (unpaired) electrons. The molecule has 9 heavy (non-hydrogen) atoms. The summed E-state index contributed by atoms with van der Waals surface area (Å²) in [5.74, 6) is 0.143. The van der Waals surface area contributed by atoms with Gasteiger partial charge in [-0.15, -0.1) is 0 Å². The van der Waals surface area contributed by atoms with Gasteiger partial charge >= 0.3 is 0 Å². The van der Waals surface area contributed by atoms with Crippen molar-refractivity contribution in [3.05, 3.63) is 0 Å². The molecule has 0 atom stereocenters. The second kappa shape index (κ2) is 6.26. The van der Waals surface area contributed by atoms with E-state index in [1.54, 1.807) is 14.2 Å². The maximum atomic E-state index is 5.04. The van der Waals surface area contributed by atoms with Gasteiger partial charge in [0.15, 0.2) is 0 Å². The van der Waals surface area contributed by atoms with Crippen LogP contribution in [0.4, 0.5) is 0 Å². The monoisotopic (exact) mass is 148 g/mol. The number of hydrogen-bond donors (Lipinski definition) is 0. The highest BCUT2D eigenvalue weighted by Gasteiger charge is 2.02. The zero-order chi connectivity index (χ0) is 7.11. The van der Waals surface area contributed by atoms with Crippen molar-refractivity contribution >= 4 is 9.52 Å². The molecule has 0 amide bonds. The normalized spacial score (nSPS) is 12.0. The van der Waals surface area contributed by atoms with Gasteiger partial charge in [-0.3, -0.25) is 0 Å². The van der Waals surface area contributed by atoms with E-state index in [9.17, 15) is 0 Å². The smallest absolute Gasteiger partial charge is 0.134 e. The highest BCUT2D eigenvalue weighted by molar-refractivity contribution is 6.36. The lowest BCUT2D eigenvalue weighted by Gasteiger charge is -2.10. The van der Waals surface area contributed by atoms with Crippen LogP contribution in [-0.2, 0) is 9.47 Å². The maximum absolute atomic E-state index is 5.04. The SMILES string of the molecule is CCC[SiH2]C(OC)OC. The van der Waals surface area contributed by atoms with Crippen LogP contribution in [0.1, 0.15) is 13.3 Å². The van der Waals surface area contributed by atoms with Crippen LogP contribution in [0.5, 0.6) is 0 Å². The summed E-state index contributed by atoms with van der Waals surface area (Å²) in [6.45, 7) is 2.19. The first kappa shape index (κ1) is 9.14. The lowest BCUT2D eigenvalue weighted by molar-refractivity contribution is -0.0441. The lowest BCUT2D eigenvalue weighted by Crippen LogP contribution is -2.20. The predicted octanol–water partition coefficient (Wildman–Crippen LogP) is 0.560. The molecule has 3 heteroatoms. The molecule has 0 aromatic carbocycles. The van der Waals surface area contributed by atoms with Gasteiger partial charge in [0.2, 0.25) is 0 Å². The highest BCUT2D eigenvalue weighted by atomic mass is 28.2. The van der Waals surface area contributed by atoms with Gasteiger partial charge in [-0.1, -0.05) is 19.4 Å². The molecule has 0 spiro atoms. The van der Waals surface area contributed by atoms with E-state index in [1.807, 2.05) is 0 Å². The first-order chi connectivity index (χ1) is 4.35. The van der Waals surface area contributed by atoms with Crippen LogP contribution in [0, 0.1) is 0 Å². The minimum atomic E-state index is -0.119. The van der Waals surface area contributed by atoms with E-state index in [0.717, 1.165) is 0 Å². The maximum Gasteiger partial charge on any atom is 0.134 e. The number of hydrogen-bond acceptors (Lipinski definition) is 2. The fraction of sp³-hybridized carbons (Fsp3) is 1.00. The summed E-state index contributed by atoms with van der Waals surface area (Å²) in [5.41, 5.74) is 0. The van der Waals surface area contributed by atoms with Gasteiger partial charge in [0.1, 0.15) is 5.91 Å². The molecule has 0 N–H and O–H groups in total. The first-order valence-electron chi connectivity index (χ1n) is 3.40. The van der Waals surface area contributed by atoms with Crippen molar-refractivity contribution in [3.63, 3.8) is 0 Å². The van der Waals surface area contributed by atoms with Crippen LogP contribution in [0.2, 0.25) is 6.04 Å². The Labute approximate surface area is 59.4 Å². The van der Waals surface area contributed by atoms with E-state index < -0.39 is 0 Å². The fourth-order valence-corrected chi connectivity index (χ4v) is 1.92. The van der Waals surface area contributed by atoms with Gasteiger partial charge in [-0.05, 0) is 0 Å². The molecule has 0 fully saturated rings. The van der Waals surface area contributed by atoms with Gasteiger partial charge in [-0.2, -0.15) is 0 Å². The van der Waals surface area contributed by atoms with Crippen molar-refractivity contribution in [2.24, 2.45) is 0 Å². The van der Waals surface area contributed by atoms with Crippen LogP contribution >= 0.6 is 0 Å². The fourth-order valence-electron chi connectivity index (χ4n) is 0.703. The van der Waals surface area contributed by atoms with E-state index in [2.05, 4.69) is 6.92 Å². The summed E-state index contributed by atoms with van der Waals surface area (Å²) < 4.78 is 10.1. The molecule has 0 saturated carbocycles. The highest BCUT2D eigenvalue weighted by Crippen LogP contribution is 1.94. The first-order valence-corrected chi connectivity index (χ1v) is 5.22. The van der Waals surface area contributed by atoms with Crippen LogP contribution in [0.15, 0.2) is 0 Å². The Balaban J connectivity index is 3.09. The average molecular weight is 148 g/mol. The molecule has 56 valence electrons. The Kier molecular flexibility index (Phi) is 6.35. The summed E-state index contributed by atoms with van der Waals surface area (Å²) in [5, 5.41) is 0. The van der Waals surface area contributed by atoms with Crippen molar-refractivity contribution in [1.82, 2.24) is 0 Å². The van der Waals surface area contributed by atoms with Crippen molar-refractivity contribution in [3.8, 4) is 0 Å². The van der Waals surface area contributed by atoms with Crippen molar-refractivity contribution in [1.29, 1.82) is 0 Å². The third-order valence-electron chi connectivity index (χ3n) is 1.32. The van der Waals surface area contributed by atoms with Crippen LogP contribution < -0.4 is 0 Å². The van der Waals surface area contributed by atoms with Crippen molar-refractivity contribution in [2.75, 3.05) is 14.2 Å². The van der Waals surface area contributed by atoms with E-state index in [4.69, 9.17) is 9.47 Å². The van der Waals surface area contributed by atoms with E-state index >= 15 is 0 Å². The largest absolute Gasteiger partial charge is 0.360 e. The van der Waals surface area contributed by atoms with Crippen LogP contribution in [0.3, 0.4) is 0 Å². The summed E-state index contributed by atoms with van der Waals surface area (Å²) >= 11 is 0. The van der Waals surface area contributed by atoms with E-state index in [-0.39, 0.29) is 15.4 Å². The molecule has 2 nitrogen and oxygen atoms in total. The molecular weight excluding hydrogens is 132 g/mol. The zero-order valence-corrected chi connectivity index (χ0v) is 7.93. The summed E-state index contributed by atoms with van der Waals surface area (Å²) in [6.07, 6.45) is 1.26. The zero-order valence-electron chi connectivity index (χ0n) is 6.52. The lowest BCUT2D eigenvalue weighted by atomic mass is 10.6. The Bertz CT molecular complexity index is 55.0. The third kappa shape index (κ3) is 4.63. The summed E-state index contributed by atoms with van der Waals surface area (Å²) in [4.78, 5) is 0. The Hall–Kier alpha value is 0.137. The second-order valence-electron chi connectivity index (χ2n) is 2.04. The quantitative estimate of drug-likeness (QED) is 0.419. The molecule has 0 aromatic rings. The average Bonchev–Trinajstić information content (AvgIpc) is 1.91. The van der Waals surface area contributed by atoms with Gasteiger partial charge in [0.25, 0.3) is 0 Å². The molecule has 0 unspecified atom stereocenters. The topological polar surface area (TPSA) is 18.5 Å². The third-order valence-corrected chi connectivity index (χ3v) is 3.57. The molecular formula is C6H16O2Si. The van der Waals surface area contributed by atoms with Gasteiger partial charge in [-0.25, -0.2) is 0 Å². The number of ether oxygens (including phenoxy) is 2. The van der Waals surface area contributed by atoms with Crippen molar-refractivity contribution < 1.29 is 9.47 Å². The number of methoxy groups -OCH3 is 2. The molecule has 0 rings (SSSR count). The molecule has 0 saturated heterocycles. The Morgan fingerprint density at radius 3 is 2.22 bits per heavy atom. The molecule has 0 aromatic heterocycles. The molecule has 0 aliphatic heterocycles. The van der Waals surface area contributed by atoms with Crippen LogP contribution in [0.25, 0.3) is 0 Å². The van der Waals surface area contributed by atoms with Gasteiger partial charge < -0.3 is 9.47 Å². The van der Waals surface area contributed by atoms with E-state index in [0.29, 0.717) is 0 Å². The predicted molar refractivity (Wildman–Crippen MR) is 41.4 cm³/mol. The standard InChI is InChI=1S/C6H16O2Si/c1-4-5-9-6(7-2)8-3/h6H,4-5,9H2,1-3H3. The summed E-state index contributed by atoms with van der Waals surface area (Å²) in [7, 11) is 3.29. The van der Waals surface area contributed by atoms with E-state index in [1.165, 1.54) is 12.5 Å². The van der Waals surface area contributed by atoms with Crippen LogP contribution in [-0.4, -0.2) is 29.7 Å². The number of rotatable bonds is 5.